The van der Waals surface area contributed by atoms with Gasteiger partial charge in [0.2, 0.25) is 15.9 Å². The monoisotopic (exact) mass is 429 g/mol. The summed E-state index contributed by atoms with van der Waals surface area (Å²) in [7, 11) is -3.69. The molecule has 2 aromatic rings. The highest BCUT2D eigenvalue weighted by Gasteiger charge is 2.32. The van der Waals surface area contributed by atoms with Gasteiger partial charge in [-0.2, -0.15) is 4.31 Å². The molecule has 1 aliphatic rings. The smallest absolute Gasteiger partial charge is 0.269 e. The highest BCUT2D eigenvalue weighted by molar-refractivity contribution is 7.89. The van der Waals surface area contributed by atoms with E-state index < -0.39 is 21.8 Å². The van der Waals surface area contributed by atoms with Crippen LogP contribution in [0.15, 0.2) is 59.5 Å². The van der Waals surface area contributed by atoms with Crippen molar-refractivity contribution in [2.24, 2.45) is 5.92 Å². The van der Waals surface area contributed by atoms with Gasteiger partial charge in [-0.25, -0.2) is 8.42 Å². The molecule has 2 N–H and O–H groups in total. The van der Waals surface area contributed by atoms with Gasteiger partial charge in [0, 0.05) is 30.1 Å². The van der Waals surface area contributed by atoms with Crippen molar-refractivity contribution in [3.05, 3.63) is 65.7 Å². The van der Waals surface area contributed by atoms with Gasteiger partial charge in [-0.15, -0.1) is 0 Å². The van der Waals surface area contributed by atoms with E-state index in [1.54, 1.807) is 30.3 Å². The number of amides is 2. The molecule has 3 rings (SSSR count). The maximum atomic E-state index is 12.8. The van der Waals surface area contributed by atoms with Crippen LogP contribution in [0, 0.1) is 5.92 Å². The average Bonchev–Trinajstić information content (AvgIpc) is 2.78. The fourth-order valence-electron chi connectivity index (χ4n) is 3.25. The average molecular weight is 429 g/mol. The van der Waals surface area contributed by atoms with Crippen LogP contribution in [0.1, 0.15) is 40.5 Å². The molecule has 1 aliphatic heterocycles. The van der Waals surface area contributed by atoms with Crippen LogP contribution in [0.25, 0.3) is 0 Å². The van der Waals surface area contributed by atoms with E-state index in [2.05, 4.69) is 10.9 Å². The normalized spacial score (nSPS) is 15.4. The molecule has 0 spiro atoms. The van der Waals surface area contributed by atoms with Crippen LogP contribution >= 0.6 is 0 Å². The van der Waals surface area contributed by atoms with Gasteiger partial charge < -0.3 is 0 Å². The summed E-state index contributed by atoms with van der Waals surface area (Å²) in [5.41, 5.74) is 5.67. The molecule has 0 unspecified atom stereocenters. The minimum absolute atomic E-state index is 0.116. The molecule has 1 heterocycles. The Kier molecular flexibility index (Phi) is 6.63. The number of benzene rings is 2. The third-order valence-corrected chi connectivity index (χ3v) is 6.97. The number of sulfonamides is 1. The van der Waals surface area contributed by atoms with Crippen molar-refractivity contribution >= 4 is 27.6 Å². The van der Waals surface area contributed by atoms with E-state index in [4.69, 9.17) is 0 Å². The molecule has 158 valence electrons. The number of Topliss-reactive ketones (excluding diaryl/α,β-unsaturated/α-hetero) is 1. The molecule has 0 aromatic heterocycles. The second kappa shape index (κ2) is 9.19. The third-order valence-electron chi connectivity index (χ3n) is 5.06. The molecule has 2 amide bonds. The van der Waals surface area contributed by atoms with Crippen LogP contribution in [-0.4, -0.2) is 43.4 Å². The molecular weight excluding hydrogens is 406 g/mol. The zero-order chi connectivity index (χ0) is 21.7. The summed E-state index contributed by atoms with van der Waals surface area (Å²) in [5.74, 6) is -1.29. The lowest BCUT2D eigenvalue weighted by molar-refractivity contribution is -0.126. The summed E-state index contributed by atoms with van der Waals surface area (Å²) >= 11 is 0. The van der Waals surface area contributed by atoms with Gasteiger partial charge in [-0.1, -0.05) is 30.3 Å². The number of ketones is 1. The van der Waals surface area contributed by atoms with Crippen molar-refractivity contribution in [3.63, 3.8) is 0 Å². The minimum atomic E-state index is -3.69. The maximum absolute atomic E-state index is 12.8. The predicted octanol–water partition coefficient (Wildman–Crippen LogP) is 1.75. The van der Waals surface area contributed by atoms with Crippen LogP contribution in [0.3, 0.4) is 0 Å². The lowest BCUT2D eigenvalue weighted by Gasteiger charge is -2.30. The van der Waals surface area contributed by atoms with Gasteiger partial charge in [0.15, 0.2) is 5.78 Å². The Balaban J connectivity index is 1.54. The van der Waals surface area contributed by atoms with Gasteiger partial charge in [0.25, 0.3) is 5.91 Å². The fourth-order valence-corrected chi connectivity index (χ4v) is 4.72. The molecule has 30 heavy (non-hydrogen) atoms. The molecule has 8 nitrogen and oxygen atoms in total. The largest absolute Gasteiger partial charge is 0.295 e. The summed E-state index contributed by atoms with van der Waals surface area (Å²) in [5, 5.41) is 0. The van der Waals surface area contributed by atoms with Crippen molar-refractivity contribution in [2.75, 3.05) is 13.1 Å². The number of hydrogen-bond donors (Lipinski definition) is 2. The van der Waals surface area contributed by atoms with Crippen LogP contribution in [0.4, 0.5) is 0 Å². The van der Waals surface area contributed by atoms with E-state index in [9.17, 15) is 22.8 Å². The number of nitrogens with zero attached hydrogens (tertiary/aromatic N) is 1. The Morgan fingerprint density at radius 1 is 0.867 bits per heavy atom. The van der Waals surface area contributed by atoms with Crippen LogP contribution in [0.2, 0.25) is 0 Å². The molecule has 0 bridgehead atoms. The topological polar surface area (TPSA) is 113 Å². The summed E-state index contributed by atoms with van der Waals surface area (Å²) in [6, 6.07) is 14.3. The van der Waals surface area contributed by atoms with Crippen LogP contribution in [0.5, 0.6) is 0 Å². The van der Waals surface area contributed by atoms with E-state index in [0.29, 0.717) is 24.0 Å². The van der Waals surface area contributed by atoms with Gasteiger partial charge in [0.1, 0.15) is 0 Å². The number of hydrazine groups is 1. The van der Waals surface area contributed by atoms with Gasteiger partial charge in [-0.3, -0.25) is 25.2 Å². The summed E-state index contributed by atoms with van der Waals surface area (Å²) in [6.07, 6.45) is 0.690. The molecule has 1 fully saturated rings. The fraction of sp³-hybridized carbons (Fsp3) is 0.286. The van der Waals surface area contributed by atoms with Gasteiger partial charge in [0.05, 0.1) is 4.90 Å². The minimum Gasteiger partial charge on any atom is -0.295 e. The first kappa shape index (κ1) is 21.7. The number of carbonyl (C=O) groups excluding carboxylic acids is 3. The molecule has 9 heteroatoms. The Bertz CT molecular complexity index is 1030. The van der Waals surface area contributed by atoms with E-state index in [-0.39, 0.29) is 29.7 Å². The van der Waals surface area contributed by atoms with Crippen LogP contribution in [-0.2, 0) is 14.8 Å². The number of rotatable bonds is 5. The summed E-state index contributed by atoms with van der Waals surface area (Å²) in [6.45, 7) is 1.81. The Labute approximate surface area is 175 Å². The molecular formula is C21H23N3O5S. The van der Waals surface area contributed by atoms with E-state index in [1.807, 2.05) is 0 Å². The first-order chi connectivity index (χ1) is 14.3. The highest BCUT2D eigenvalue weighted by Crippen LogP contribution is 2.24. The standard InChI is InChI=1S/C21H23N3O5S/c1-15(25)16-7-9-19(10-8-16)30(28,29)24-13-11-18(12-14-24)21(27)23-22-20(26)17-5-3-2-4-6-17/h2-10,18H,11-14H2,1H3,(H,22,26)(H,23,27). The molecule has 0 radical (unpaired) electrons. The number of hydrogen-bond acceptors (Lipinski definition) is 5. The van der Waals surface area contributed by atoms with Crippen molar-refractivity contribution in [2.45, 2.75) is 24.7 Å². The maximum Gasteiger partial charge on any atom is 0.269 e. The molecule has 0 aliphatic carbocycles. The summed E-state index contributed by atoms with van der Waals surface area (Å²) < 4.78 is 26.9. The Hall–Kier alpha value is -3.04. The van der Waals surface area contributed by atoms with Crippen molar-refractivity contribution in [3.8, 4) is 0 Å². The number of carbonyl (C=O) groups is 3. The first-order valence-electron chi connectivity index (χ1n) is 9.55. The SMILES string of the molecule is CC(=O)c1ccc(S(=O)(=O)N2CCC(C(=O)NNC(=O)c3ccccc3)CC2)cc1. The van der Waals surface area contributed by atoms with E-state index >= 15 is 0 Å². The molecule has 0 atom stereocenters. The second-order valence-electron chi connectivity index (χ2n) is 7.07. The molecule has 0 saturated carbocycles. The number of nitrogens with one attached hydrogen (secondary N) is 2. The molecule has 2 aromatic carbocycles. The first-order valence-corrected chi connectivity index (χ1v) is 11.0. The second-order valence-corrected chi connectivity index (χ2v) is 9.01. The van der Waals surface area contributed by atoms with E-state index in [0.717, 1.165) is 0 Å². The summed E-state index contributed by atoms with van der Waals surface area (Å²) in [4.78, 5) is 35.8. The predicted molar refractivity (Wildman–Crippen MR) is 110 cm³/mol. The van der Waals surface area contributed by atoms with Crippen LogP contribution < -0.4 is 10.9 Å². The third kappa shape index (κ3) is 4.92. The zero-order valence-electron chi connectivity index (χ0n) is 16.5. The Morgan fingerprint density at radius 3 is 2.03 bits per heavy atom. The lowest BCUT2D eigenvalue weighted by Crippen LogP contribution is -2.48. The van der Waals surface area contributed by atoms with Gasteiger partial charge >= 0.3 is 0 Å². The number of piperidine rings is 1. The van der Waals surface area contributed by atoms with Gasteiger partial charge in [-0.05, 0) is 44.0 Å². The Morgan fingerprint density at radius 2 is 1.47 bits per heavy atom. The lowest BCUT2D eigenvalue weighted by atomic mass is 9.98. The van der Waals surface area contributed by atoms with Crippen molar-refractivity contribution in [1.82, 2.24) is 15.2 Å². The molecule has 1 saturated heterocycles. The van der Waals surface area contributed by atoms with E-state index in [1.165, 1.54) is 35.5 Å². The van der Waals surface area contributed by atoms with Crippen molar-refractivity contribution < 1.29 is 22.8 Å². The quantitative estimate of drug-likeness (QED) is 0.555. The highest BCUT2D eigenvalue weighted by atomic mass is 32.2. The zero-order valence-corrected chi connectivity index (χ0v) is 17.3. The van der Waals surface area contributed by atoms with Crippen molar-refractivity contribution in [1.29, 1.82) is 0 Å².